The Morgan fingerprint density at radius 3 is 2.48 bits per heavy atom. The Kier molecular flexibility index (Phi) is 6.12. The van der Waals surface area contributed by atoms with Gasteiger partial charge in [0.2, 0.25) is 5.95 Å². The number of aromatic nitrogens is 2. The number of methoxy groups -OCH3 is 1. The fourth-order valence-electron chi connectivity index (χ4n) is 5.49. The lowest BCUT2D eigenvalue weighted by atomic mass is 9.70. The van der Waals surface area contributed by atoms with Crippen LogP contribution < -0.4 is 10.1 Å². The van der Waals surface area contributed by atoms with E-state index >= 15 is 0 Å². The van der Waals surface area contributed by atoms with Crippen LogP contribution in [0, 0.1) is 11.3 Å². The number of rotatable bonds is 6. The molecule has 0 amide bonds. The van der Waals surface area contributed by atoms with Gasteiger partial charge in [-0.1, -0.05) is 46.8 Å². The van der Waals surface area contributed by atoms with Gasteiger partial charge in [-0.25, -0.2) is 9.78 Å². The summed E-state index contributed by atoms with van der Waals surface area (Å²) in [6.45, 7) is 11.3. The van der Waals surface area contributed by atoms with Crippen molar-refractivity contribution in [2.75, 3.05) is 12.4 Å². The highest BCUT2D eigenvalue weighted by Gasteiger charge is 2.35. The van der Waals surface area contributed by atoms with Gasteiger partial charge in [-0.2, -0.15) is 0 Å². The molecule has 1 unspecified atom stereocenters. The normalized spacial score (nSPS) is 20.2. The Balaban J connectivity index is 1.85. The van der Waals surface area contributed by atoms with E-state index < -0.39 is 5.97 Å². The molecule has 0 bridgehead atoms. The quantitative estimate of drug-likeness (QED) is 0.424. The number of imidazole rings is 1. The number of nitrogens with one attached hydrogen (secondary N) is 1. The second-order valence-electron chi connectivity index (χ2n) is 10.6. The van der Waals surface area contributed by atoms with E-state index in [1.807, 2.05) is 6.07 Å². The number of anilines is 2. The van der Waals surface area contributed by atoms with Gasteiger partial charge in [0.1, 0.15) is 11.3 Å². The molecule has 1 heterocycles. The molecule has 2 atom stereocenters. The lowest BCUT2D eigenvalue weighted by molar-refractivity contribution is 0.0693. The van der Waals surface area contributed by atoms with E-state index in [2.05, 4.69) is 68.8 Å². The minimum atomic E-state index is -1.02. The molecule has 1 fully saturated rings. The molecule has 1 aliphatic rings. The Bertz CT molecular complexity index is 1160. The monoisotopic (exact) mass is 449 g/mol. The molecule has 3 aromatic rings. The molecule has 4 rings (SSSR count). The van der Waals surface area contributed by atoms with Crippen LogP contribution in [0.25, 0.3) is 11.0 Å². The molecule has 2 N–H and O–H groups in total. The topological polar surface area (TPSA) is 76.4 Å². The molecule has 6 heteroatoms. The molecule has 0 spiro atoms. The third-order valence-corrected chi connectivity index (χ3v) is 6.80. The minimum absolute atomic E-state index is 0.125. The summed E-state index contributed by atoms with van der Waals surface area (Å²) in [7, 11) is 1.51. The van der Waals surface area contributed by atoms with Crippen LogP contribution in [-0.2, 0) is 0 Å². The van der Waals surface area contributed by atoms with E-state index in [0.717, 1.165) is 30.0 Å². The molecule has 1 saturated carbocycles. The number of nitrogens with zero attached hydrogens (tertiary/aromatic N) is 2. The Hall–Kier alpha value is -3.02. The summed E-state index contributed by atoms with van der Waals surface area (Å²) < 4.78 is 7.70. The summed E-state index contributed by atoms with van der Waals surface area (Å²) in [5.41, 5.74) is 4.15. The molecule has 176 valence electrons. The Morgan fingerprint density at radius 1 is 1.21 bits per heavy atom. The number of carboxylic acid groups (broad SMARTS) is 1. The zero-order chi connectivity index (χ0) is 23.9. The number of hydrogen-bond acceptors (Lipinski definition) is 4. The Morgan fingerprint density at radius 2 is 1.91 bits per heavy atom. The van der Waals surface area contributed by atoms with Crippen LogP contribution >= 0.6 is 0 Å². The van der Waals surface area contributed by atoms with E-state index in [0.29, 0.717) is 23.1 Å². The van der Waals surface area contributed by atoms with E-state index in [9.17, 15) is 9.90 Å². The lowest BCUT2D eigenvalue weighted by Gasteiger charge is -2.40. The van der Waals surface area contributed by atoms with Crippen LogP contribution in [0.3, 0.4) is 0 Å². The van der Waals surface area contributed by atoms with Crippen LogP contribution in [0.15, 0.2) is 36.4 Å². The third-order valence-electron chi connectivity index (χ3n) is 6.80. The first-order valence-corrected chi connectivity index (χ1v) is 11.8. The maximum atomic E-state index is 11.8. The summed E-state index contributed by atoms with van der Waals surface area (Å²) in [4.78, 5) is 16.7. The van der Waals surface area contributed by atoms with Crippen molar-refractivity contribution in [3.63, 3.8) is 0 Å². The highest BCUT2D eigenvalue weighted by molar-refractivity contribution is 5.96. The van der Waals surface area contributed by atoms with Crippen molar-refractivity contribution in [1.82, 2.24) is 9.55 Å². The number of carboxylic acids is 1. The highest BCUT2D eigenvalue weighted by Crippen LogP contribution is 2.46. The van der Waals surface area contributed by atoms with Gasteiger partial charge in [0, 0.05) is 17.8 Å². The zero-order valence-electron chi connectivity index (χ0n) is 20.5. The zero-order valence-corrected chi connectivity index (χ0v) is 20.5. The fraction of sp³-hybridized carbons (Fsp3) is 0.481. The molecule has 33 heavy (non-hydrogen) atoms. The maximum Gasteiger partial charge on any atom is 0.339 e. The van der Waals surface area contributed by atoms with Gasteiger partial charge >= 0.3 is 5.97 Å². The number of benzene rings is 2. The van der Waals surface area contributed by atoms with Gasteiger partial charge in [0.15, 0.2) is 0 Å². The largest absolute Gasteiger partial charge is 0.496 e. The first-order valence-electron chi connectivity index (χ1n) is 11.8. The van der Waals surface area contributed by atoms with E-state index in [1.165, 1.54) is 19.1 Å². The van der Waals surface area contributed by atoms with Crippen molar-refractivity contribution in [3.8, 4) is 5.75 Å². The van der Waals surface area contributed by atoms with Crippen molar-refractivity contribution in [3.05, 3.63) is 47.5 Å². The predicted molar refractivity (Wildman–Crippen MR) is 133 cm³/mol. The summed E-state index contributed by atoms with van der Waals surface area (Å²) in [5, 5.41) is 13.2. The molecule has 1 aromatic heterocycles. The molecule has 0 saturated heterocycles. The number of aromatic carboxylic acids is 1. The second-order valence-corrected chi connectivity index (χ2v) is 10.6. The summed E-state index contributed by atoms with van der Waals surface area (Å²) in [6.07, 6.45) is 3.29. The molecule has 1 aliphatic carbocycles. The molecular weight excluding hydrogens is 414 g/mol. The highest BCUT2D eigenvalue weighted by atomic mass is 16.5. The van der Waals surface area contributed by atoms with Crippen LogP contribution in [-0.4, -0.2) is 27.7 Å². The van der Waals surface area contributed by atoms with Crippen molar-refractivity contribution >= 4 is 28.6 Å². The van der Waals surface area contributed by atoms with Crippen molar-refractivity contribution in [2.45, 2.75) is 65.8 Å². The summed E-state index contributed by atoms with van der Waals surface area (Å²) >= 11 is 0. The number of hydrogen-bond donors (Lipinski definition) is 2. The first kappa shape index (κ1) is 23.1. The molecule has 2 aromatic carbocycles. The summed E-state index contributed by atoms with van der Waals surface area (Å²) in [6, 6.07) is 12.1. The fourth-order valence-corrected chi connectivity index (χ4v) is 5.49. The van der Waals surface area contributed by atoms with Gasteiger partial charge in [-0.15, -0.1) is 0 Å². The molecule has 6 nitrogen and oxygen atoms in total. The van der Waals surface area contributed by atoms with E-state index in [1.54, 1.807) is 6.07 Å². The predicted octanol–water partition coefficient (Wildman–Crippen LogP) is 7.00. The van der Waals surface area contributed by atoms with E-state index in [-0.39, 0.29) is 17.0 Å². The van der Waals surface area contributed by atoms with Crippen LogP contribution in [0.4, 0.5) is 11.6 Å². The van der Waals surface area contributed by atoms with Crippen LogP contribution in [0.2, 0.25) is 0 Å². The van der Waals surface area contributed by atoms with Crippen LogP contribution in [0.1, 0.15) is 81.8 Å². The van der Waals surface area contributed by atoms with Crippen LogP contribution in [0.5, 0.6) is 5.75 Å². The van der Waals surface area contributed by atoms with Crippen molar-refractivity contribution in [1.29, 1.82) is 0 Å². The maximum absolute atomic E-state index is 11.8. The third kappa shape index (κ3) is 4.70. The van der Waals surface area contributed by atoms with Gasteiger partial charge in [0.25, 0.3) is 0 Å². The smallest absolute Gasteiger partial charge is 0.339 e. The van der Waals surface area contributed by atoms with Crippen molar-refractivity contribution in [2.24, 2.45) is 11.3 Å². The summed E-state index contributed by atoms with van der Waals surface area (Å²) in [5.74, 6) is 1.13. The first-order chi connectivity index (χ1) is 15.6. The number of ether oxygens (including phenoxy) is 1. The van der Waals surface area contributed by atoms with Gasteiger partial charge in [-0.05, 0) is 60.3 Å². The lowest BCUT2D eigenvalue weighted by Crippen LogP contribution is -2.29. The van der Waals surface area contributed by atoms with E-state index in [4.69, 9.17) is 9.72 Å². The average molecular weight is 450 g/mol. The minimum Gasteiger partial charge on any atom is -0.496 e. The standard InChI is InChI=1S/C27H35N3O3/c1-16(2)18-7-9-19(10-8-18)28-26-29-22-12-21(25(31)32)24(33-6)13-23(22)30(26)20-11-17(3)14-27(4,5)15-20/h7-10,12-13,16-17,20H,11,14-15H2,1-6H3,(H,28,29)(H,31,32)/t17-,20?/m0/s1. The molecule has 0 radical (unpaired) electrons. The van der Waals surface area contributed by atoms with Gasteiger partial charge < -0.3 is 19.7 Å². The number of fused-ring (bicyclic) bond motifs is 1. The molecule has 0 aliphatic heterocycles. The Labute approximate surface area is 196 Å². The van der Waals surface area contributed by atoms with Gasteiger partial charge in [0.05, 0.1) is 18.1 Å². The molecular formula is C27H35N3O3. The van der Waals surface area contributed by atoms with Crippen molar-refractivity contribution < 1.29 is 14.6 Å². The average Bonchev–Trinajstić information content (AvgIpc) is 3.08. The SMILES string of the molecule is COc1cc2c(cc1C(=O)O)nc(Nc1ccc(C(C)C)cc1)n2C1C[C@H](C)CC(C)(C)C1. The number of carbonyl (C=O) groups is 1. The second kappa shape index (κ2) is 8.73. The van der Waals surface area contributed by atoms with Gasteiger partial charge in [-0.3, -0.25) is 0 Å².